The largest absolute Gasteiger partial charge is 0.507 e. The number of alkyl halides is 1. The van der Waals surface area contributed by atoms with Gasteiger partial charge in [0.1, 0.15) is 11.6 Å². The van der Waals surface area contributed by atoms with Crippen molar-refractivity contribution in [3.63, 3.8) is 0 Å². The van der Waals surface area contributed by atoms with Gasteiger partial charge in [0.05, 0.1) is 5.56 Å². The Hall–Kier alpha value is -1.20. The number of hydrogen-bond acceptors (Lipinski definition) is 1. The highest BCUT2D eigenvalue weighted by Crippen LogP contribution is 2.16. The lowest BCUT2D eigenvalue weighted by atomic mass is 10.2. The first-order valence-corrected chi connectivity index (χ1v) is 4.31. The third-order valence-electron chi connectivity index (χ3n) is 1.40. The first-order valence-electron chi connectivity index (χ1n) is 3.77. The van der Waals surface area contributed by atoms with Crippen molar-refractivity contribution in [1.29, 1.82) is 0 Å². The topological polar surface area (TPSA) is 20.2 Å². The predicted octanol–water partition coefficient (Wildman–Crippen LogP) is 2.51. The summed E-state index contributed by atoms with van der Waals surface area (Å²) in [4.78, 5) is 0. The van der Waals surface area contributed by atoms with Crippen molar-refractivity contribution in [2.45, 2.75) is 6.42 Å². The molecule has 0 amide bonds. The van der Waals surface area contributed by atoms with E-state index in [-0.39, 0.29) is 5.75 Å². The third kappa shape index (κ3) is 2.96. The van der Waals surface area contributed by atoms with Crippen LogP contribution in [0.2, 0.25) is 0 Å². The molecule has 0 aliphatic carbocycles. The van der Waals surface area contributed by atoms with E-state index < -0.39 is 5.82 Å². The summed E-state index contributed by atoms with van der Waals surface area (Å²) >= 11 is 5.40. The van der Waals surface area contributed by atoms with Crippen LogP contribution in [0.15, 0.2) is 18.2 Å². The standard InChI is InChI=1S/C10H8ClFO/c11-6-2-1-3-8-7-9(12)4-5-10(8)13/h4-5,7,13H,2,6H2. The van der Waals surface area contributed by atoms with Crippen LogP contribution in [0.3, 0.4) is 0 Å². The Morgan fingerprint density at radius 2 is 2.23 bits per heavy atom. The molecule has 68 valence electrons. The second-order valence-electron chi connectivity index (χ2n) is 2.40. The van der Waals surface area contributed by atoms with Gasteiger partial charge in [0, 0.05) is 12.3 Å². The maximum atomic E-state index is 12.7. The summed E-state index contributed by atoms with van der Waals surface area (Å²) in [5, 5.41) is 9.23. The molecule has 0 atom stereocenters. The van der Waals surface area contributed by atoms with Crippen LogP contribution in [0.25, 0.3) is 0 Å². The second kappa shape index (κ2) is 4.74. The molecule has 1 aromatic carbocycles. The maximum Gasteiger partial charge on any atom is 0.131 e. The molecule has 0 saturated heterocycles. The molecular weight excluding hydrogens is 191 g/mol. The fourth-order valence-electron chi connectivity index (χ4n) is 0.813. The normalized spacial score (nSPS) is 9.08. The molecule has 13 heavy (non-hydrogen) atoms. The molecule has 0 aliphatic heterocycles. The van der Waals surface area contributed by atoms with Crippen LogP contribution in [0.5, 0.6) is 5.75 Å². The van der Waals surface area contributed by atoms with Crippen molar-refractivity contribution in [1.82, 2.24) is 0 Å². The molecule has 0 spiro atoms. The van der Waals surface area contributed by atoms with Crippen molar-refractivity contribution >= 4 is 11.6 Å². The lowest BCUT2D eigenvalue weighted by Crippen LogP contribution is -1.80. The van der Waals surface area contributed by atoms with E-state index in [1.807, 2.05) is 0 Å². The lowest BCUT2D eigenvalue weighted by molar-refractivity contribution is 0.471. The van der Waals surface area contributed by atoms with E-state index in [1.54, 1.807) is 0 Å². The zero-order valence-corrected chi connectivity index (χ0v) is 7.61. The van der Waals surface area contributed by atoms with E-state index in [4.69, 9.17) is 11.6 Å². The number of benzene rings is 1. The van der Waals surface area contributed by atoms with Crippen LogP contribution >= 0.6 is 11.6 Å². The first kappa shape index (κ1) is 9.88. The van der Waals surface area contributed by atoms with Gasteiger partial charge in [-0.05, 0) is 18.2 Å². The monoisotopic (exact) mass is 198 g/mol. The maximum absolute atomic E-state index is 12.7. The molecule has 0 aliphatic rings. The van der Waals surface area contributed by atoms with Crippen LogP contribution in [-0.2, 0) is 0 Å². The van der Waals surface area contributed by atoms with E-state index in [9.17, 15) is 9.50 Å². The Morgan fingerprint density at radius 3 is 2.92 bits per heavy atom. The molecule has 0 heterocycles. The zero-order valence-electron chi connectivity index (χ0n) is 6.85. The minimum absolute atomic E-state index is 0.0107. The van der Waals surface area contributed by atoms with Crippen LogP contribution in [0, 0.1) is 17.7 Å². The van der Waals surface area contributed by atoms with Crippen molar-refractivity contribution in [2.75, 3.05) is 5.88 Å². The van der Waals surface area contributed by atoms with Gasteiger partial charge in [-0.15, -0.1) is 11.6 Å². The summed E-state index contributed by atoms with van der Waals surface area (Å²) in [6, 6.07) is 3.65. The number of aromatic hydroxyl groups is 1. The molecule has 1 nitrogen and oxygen atoms in total. The molecule has 0 fully saturated rings. The van der Waals surface area contributed by atoms with Gasteiger partial charge in [-0.2, -0.15) is 0 Å². The molecule has 0 saturated carbocycles. The fraction of sp³-hybridized carbons (Fsp3) is 0.200. The minimum atomic E-state index is -0.409. The fourth-order valence-corrected chi connectivity index (χ4v) is 0.908. The number of phenols is 1. The van der Waals surface area contributed by atoms with Crippen LogP contribution in [-0.4, -0.2) is 11.0 Å². The van der Waals surface area contributed by atoms with Gasteiger partial charge in [-0.1, -0.05) is 11.8 Å². The van der Waals surface area contributed by atoms with E-state index in [1.165, 1.54) is 18.2 Å². The summed E-state index contributed by atoms with van der Waals surface area (Å²) in [7, 11) is 0. The predicted molar refractivity (Wildman–Crippen MR) is 50.3 cm³/mol. The quantitative estimate of drug-likeness (QED) is 0.543. The van der Waals surface area contributed by atoms with E-state index in [0.717, 1.165) is 0 Å². The van der Waals surface area contributed by atoms with Gasteiger partial charge in [-0.25, -0.2) is 4.39 Å². The second-order valence-corrected chi connectivity index (χ2v) is 2.78. The molecule has 1 rings (SSSR count). The Balaban J connectivity index is 2.89. The molecule has 1 aromatic rings. The molecule has 1 N–H and O–H groups in total. The van der Waals surface area contributed by atoms with Crippen LogP contribution in [0.4, 0.5) is 4.39 Å². The van der Waals surface area contributed by atoms with Gasteiger partial charge in [-0.3, -0.25) is 0 Å². The van der Waals surface area contributed by atoms with Crippen LogP contribution in [0.1, 0.15) is 12.0 Å². The van der Waals surface area contributed by atoms with E-state index >= 15 is 0 Å². The van der Waals surface area contributed by atoms with Crippen molar-refractivity contribution in [2.24, 2.45) is 0 Å². The number of hydrogen-bond donors (Lipinski definition) is 1. The summed E-state index contributed by atoms with van der Waals surface area (Å²) in [6.07, 6.45) is 0.525. The van der Waals surface area contributed by atoms with Gasteiger partial charge >= 0.3 is 0 Å². The Bertz CT molecular complexity index is 352. The number of rotatable bonds is 1. The van der Waals surface area contributed by atoms with Crippen LogP contribution < -0.4 is 0 Å². The van der Waals surface area contributed by atoms with Gasteiger partial charge in [0.2, 0.25) is 0 Å². The average Bonchev–Trinajstić information content (AvgIpc) is 2.11. The van der Waals surface area contributed by atoms with Crippen molar-refractivity contribution < 1.29 is 9.50 Å². The number of phenolic OH excluding ortho intramolecular Hbond substituents is 1. The SMILES string of the molecule is Oc1ccc(F)cc1C#CCCCl. The summed E-state index contributed by atoms with van der Waals surface area (Å²) in [6.45, 7) is 0. The first-order chi connectivity index (χ1) is 6.24. The molecule has 0 radical (unpaired) electrons. The Morgan fingerprint density at radius 1 is 1.46 bits per heavy atom. The van der Waals surface area contributed by atoms with Gasteiger partial charge in [0.25, 0.3) is 0 Å². The molecule has 0 unspecified atom stereocenters. The smallest absolute Gasteiger partial charge is 0.131 e. The van der Waals surface area contributed by atoms with E-state index in [0.29, 0.717) is 17.9 Å². The third-order valence-corrected chi connectivity index (χ3v) is 1.59. The zero-order chi connectivity index (χ0) is 9.68. The lowest BCUT2D eigenvalue weighted by Gasteiger charge is -1.95. The molecule has 3 heteroatoms. The molecule has 0 bridgehead atoms. The Labute approximate surface area is 81.2 Å². The highest BCUT2D eigenvalue weighted by atomic mass is 35.5. The summed E-state index contributed by atoms with van der Waals surface area (Å²) < 4.78 is 12.7. The highest BCUT2D eigenvalue weighted by Gasteiger charge is 1.98. The van der Waals surface area contributed by atoms with Crippen molar-refractivity contribution in [3.05, 3.63) is 29.6 Å². The Kier molecular flexibility index (Phi) is 3.60. The highest BCUT2D eigenvalue weighted by molar-refractivity contribution is 6.18. The minimum Gasteiger partial charge on any atom is -0.507 e. The van der Waals surface area contributed by atoms with Gasteiger partial charge < -0.3 is 5.11 Å². The molecular formula is C10H8ClFO. The van der Waals surface area contributed by atoms with E-state index in [2.05, 4.69) is 11.8 Å². The molecule has 0 aromatic heterocycles. The number of halogens is 2. The summed E-state index contributed by atoms with van der Waals surface area (Å²) in [5.74, 6) is 5.35. The van der Waals surface area contributed by atoms with Crippen molar-refractivity contribution in [3.8, 4) is 17.6 Å². The van der Waals surface area contributed by atoms with Gasteiger partial charge in [0.15, 0.2) is 0 Å². The average molecular weight is 199 g/mol. The summed E-state index contributed by atoms with van der Waals surface area (Å²) in [5.41, 5.74) is 0.296.